The summed E-state index contributed by atoms with van der Waals surface area (Å²) < 4.78 is 15.1. The average molecular weight is 784 g/mol. The molecule has 0 bridgehead atoms. The van der Waals surface area contributed by atoms with Crippen molar-refractivity contribution in [2.45, 2.75) is 0 Å². The molecule has 11 rings (SSSR count). The molecule has 0 spiro atoms. The number of hydrogen-bond donors (Lipinski definition) is 0. The van der Waals surface area contributed by atoms with E-state index in [-0.39, 0.29) is 0 Å². The van der Waals surface area contributed by atoms with Crippen LogP contribution in [-0.4, -0.2) is 4.98 Å². The second-order valence-electron chi connectivity index (χ2n) is 15.3. The zero-order valence-electron chi connectivity index (χ0n) is 32.7. The van der Waals surface area contributed by atoms with E-state index < -0.39 is 7.14 Å². The topological polar surface area (TPSA) is 30.0 Å². The van der Waals surface area contributed by atoms with E-state index in [4.69, 9.17) is 4.98 Å². The van der Waals surface area contributed by atoms with Crippen molar-refractivity contribution in [3.63, 3.8) is 0 Å². The van der Waals surface area contributed by atoms with Gasteiger partial charge < -0.3 is 4.57 Å². The van der Waals surface area contributed by atoms with Crippen molar-refractivity contribution in [2.24, 2.45) is 0 Å². The van der Waals surface area contributed by atoms with Crippen molar-refractivity contribution < 1.29 is 4.57 Å². The fourth-order valence-corrected chi connectivity index (χ4v) is 11.7. The number of para-hydroxylation sites is 1. The van der Waals surface area contributed by atoms with Crippen LogP contribution >= 0.6 is 7.14 Å². The predicted octanol–water partition coefficient (Wildman–Crippen LogP) is 14.0. The lowest BCUT2D eigenvalue weighted by molar-refractivity contribution is 0.592. The van der Waals surface area contributed by atoms with Crippen LogP contribution in [0.3, 0.4) is 0 Å². The highest BCUT2D eigenvalue weighted by atomic mass is 31.2. The van der Waals surface area contributed by atoms with Crippen LogP contribution < -0.4 is 15.9 Å². The van der Waals surface area contributed by atoms with E-state index in [0.29, 0.717) is 0 Å². The summed E-state index contributed by atoms with van der Waals surface area (Å²) >= 11 is 0. The summed E-state index contributed by atoms with van der Waals surface area (Å²) in [4.78, 5) is 5.19. The highest BCUT2D eigenvalue weighted by molar-refractivity contribution is 7.85. The maximum atomic E-state index is 15.1. The fourth-order valence-electron chi connectivity index (χ4n) is 9.09. The van der Waals surface area contributed by atoms with Crippen LogP contribution in [0.15, 0.2) is 231 Å². The molecule has 0 N–H and O–H groups in total. The quantitative estimate of drug-likeness (QED) is 0.0915. The maximum absolute atomic E-state index is 15.1. The molecule has 0 radical (unpaired) electrons. The van der Waals surface area contributed by atoms with Gasteiger partial charge in [0, 0.05) is 32.2 Å². The second-order valence-corrected chi connectivity index (χ2v) is 18.1. The van der Waals surface area contributed by atoms with Crippen LogP contribution in [0.2, 0.25) is 0 Å². The van der Waals surface area contributed by atoms with Crippen LogP contribution in [0.25, 0.3) is 87.9 Å². The van der Waals surface area contributed by atoms with E-state index in [9.17, 15) is 0 Å². The third-order valence-corrected chi connectivity index (χ3v) is 15.0. The Morgan fingerprint density at radius 2 is 0.700 bits per heavy atom. The van der Waals surface area contributed by atoms with Crippen LogP contribution in [0, 0.1) is 0 Å². The lowest BCUT2D eigenvalue weighted by atomic mass is 9.84. The van der Waals surface area contributed by atoms with Crippen LogP contribution in [0.1, 0.15) is 0 Å². The minimum absolute atomic E-state index is 0.818. The molecule has 10 aromatic carbocycles. The predicted molar refractivity (Wildman–Crippen MR) is 255 cm³/mol. The van der Waals surface area contributed by atoms with Crippen molar-refractivity contribution in [1.29, 1.82) is 0 Å². The molecule has 0 atom stereocenters. The smallest absolute Gasteiger partial charge is 0.171 e. The van der Waals surface area contributed by atoms with E-state index in [1.54, 1.807) is 0 Å². The summed E-state index contributed by atoms with van der Waals surface area (Å²) in [6.45, 7) is 0. The molecule has 0 saturated heterocycles. The molecule has 0 fully saturated rings. The van der Waals surface area contributed by atoms with Gasteiger partial charge in [0.15, 0.2) is 7.14 Å². The Bertz CT molecular complexity index is 3370. The van der Waals surface area contributed by atoms with Crippen molar-refractivity contribution in [3.05, 3.63) is 231 Å². The second kappa shape index (κ2) is 14.8. The van der Waals surface area contributed by atoms with E-state index in [1.807, 2.05) is 60.7 Å². The molecule has 0 unspecified atom stereocenters. The Morgan fingerprint density at radius 3 is 1.33 bits per heavy atom. The summed E-state index contributed by atoms with van der Waals surface area (Å²) in [5.74, 6) is 0. The molecule has 0 aliphatic rings. The highest BCUT2D eigenvalue weighted by Gasteiger charge is 2.29. The number of rotatable bonds is 7. The van der Waals surface area contributed by atoms with Gasteiger partial charge in [-0.15, -0.1) is 0 Å². The molecule has 282 valence electrons. The van der Waals surface area contributed by atoms with Gasteiger partial charge >= 0.3 is 0 Å². The first-order chi connectivity index (χ1) is 29.6. The van der Waals surface area contributed by atoms with Crippen molar-refractivity contribution in [1.82, 2.24) is 4.98 Å². The Morgan fingerprint density at radius 1 is 0.283 bits per heavy atom. The number of benzene rings is 10. The molecule has 3 heteroatoms. The summed E-state index contributed by atoms with van der Waals surface area (Å²) in [5.41, 5.74) is 9.99. The molecule has 1 heterocycles. The third kappa shape index (κ3) is 5.96. The molecule has 11 aromatic rings. The molecular formula is C57H38NOP. The molecule has 0 saturated carbocycles. The molecule has 2 nitrogen and oxygen atoms in total. The van der Waals surface area contributed by atoms with E-state index in [0.717, 1.165) is 54.8 Å². The third-order valence-electron chi connectivity index (χ3n) is 11.9. The van der Waals surface area contributed by atoms with Crippen molar-refractivity contribution in [2.75, 3.05) is 0 Å². The van der Waals surface area contributed by atoms with Crippen molar-refractivity contribution >= 4 is 66.3 Å². The lowest BCUT2D eigenvalue weighted by Gasteiger charge is -2.21. The Balaban J connectivity index is 1.07. The van der Waals surface area contributed by atoms with Crippen LogP contribution in [0.4, 0.5) is 0 Å². The normalized spacial score (nSPS) is 11.7. The van der Waals surface area contributed by atoms with Crippen molar-refractivity contribution in [3.8, 4) is 44.6 Å². The molecule has 0 amide bonds. The van der Waals surface area contributed by atoms with Gasteiger partial charge in [-0.25, -0.2) is 4.98 Å². The first-order valence-electron chi connectivity index (χ1n) is 20.4. The summed E-state index contributed by atoms with van der Waals surface area (Å²) in [6, 6.07) is 80.4. The first-order valence-corrected chi connectivity index (χ1v) is 22.1. The van der Waals surface area contributed by atoms with Gasteiger partial charge in [-0.2, -0.15) is 0 Å². The SMILES string of the molecule is O=P(c1ccccc1)(c1ccccc1)c1ccc(-c2ccc3c(-c4ccc(-c5nc6ccccc6c6ccccc56)cc4)c4ccccc4c(-c4ccccc4)c3c2)cc1. The van der Waals surface area contributed by atoms with E-state index >= 15 is 4.57 Å². The zero-order chi connectivity index (χ0) is 40.0. The van der Waals surface area contributed by atoms with Gasteiger partial charge in [-0.1, -0.05) is 218 Å². The summed E-state index contributed by atoms with van der Waals surface area (Å²) in [6.07, 6.45) is 0. The zero-order valence-corrected chi connectivity index (χ0v) is 33.6. The standard InChI is InChI=1S/C57H38NOP/c59-60(44-18-6-2-7-19-44,45-20-8-3-9-21-45)46-35-32-39(33-36-46)43-34-37-51-53(38-43)56(40-16-4-1-5-17-40)50-25-12-11-24-49(50)55(51)41-28-30-42(31-29-41)57-52-26-13-10-22-47(52)48-23-14-15-27-54(48)58-57/h1-38H. The van der Waals surface area contributed by atoms with Crippen LogP contribution in [-0.2, 0) is 4.57 Å². The van der Waals surface area contributed by atoms with E-state index in [2.05, 4.69) is 170 Å². The monoisotopic (exact) mass is 783 g/mol. The van der Waals surface area contributed by atoms with Gasteiger partial charge in [-0.3, -0.25) is 0 Å². The molecule has 1 aromatic heterocycles. The lowest BCUT2D eigenvalue weighted by Crippen LogP contribution is -2.24. The first kappa shape index (κ1) is 35.8. The Kier molecular flexibility index (Phi) is 8.80. The van der Waals surface area contributed by atoms with Gasteiger partial charge in [0.05, 0.1) is 11.2 Å². The summed E-state index contributed by atoms with van der Waals surface area (Å²) in [7, 11) is -3.09. The number of hydrogen-bond acceptors (Lipinski definition) is 2. The van der Waals surface area contributed by atoms with Crippen LogP contribution in [0.5, 0.6) is 0 Å². The Hall–Kier alpha value is -7.38. The minimum Gasteiger partial charge on any atom is -0.309 e. The maximum Gasteiger partial charge on any atom is 0.171 e. The molecule has 0 aliphatic heterocycles. The number of aromatic nitrogens is 1. The van der Waals surface area contributed by atoms with Gasteiger partial charge in [0.1, 0.15) is 0 Å². The largest absolute Gasteiger partial charge is 0.309 e. The minimum atomic E-state index is -3.09. The van der Waals surface area contributed by atoms with Gasteiger partial charge in [0.2, 0.25) is 0 Å². The number of nitrogens with zero attached hydrogens (tertiary/aromatic N) is 1. The molecule has 0 aliphatic carbocycles. The number of fused-ring (bicyclic) bond motifs is 5. The Labute approximate surface area is 349 Å². The van der Waals surface area contributed by atoms with Gasteiger partial charge in [0.25, 0.3) is 0 Å². The summed E-state index contributed by atoms with van der Waals surface area (Å²) in [5, 5.41) is 10.8. The van der Waals surface area contributed by atoms with Gasteiger partial charge in [-0.05, 0) is 72.4 Å². The van der Waals surface area contributed by atoms with E-state index in [1.165, 1.54) is 49.0 Å². The average Bonchev–Trinajstić information content (AvgIpc) is 3.33. The number of pyridine rings is 1. The molecule has 60 heavy (non-hydrogen) atoms. The highest BCUT2D eigenvalue weighted by Crippen LogP contribution is 2.46. The molecular weight excluding hydrogens is 746 g/mol. The fraction of sp³-hybridized carbons (Fsp3) is 0.